The third-order valence-electron chi connectivity index (χ3n) is 2.92. The largest absolute Gasteiger partial charge is 0.384 e. The van der Waals surface area contributed by atoms with Crippen molar-refractivity contribution in [2.24, 2.45) is 5.73 Å². The molecule has 4 N–H and O–H groups in total. The number of hydrogen-bond acceptors (Lipinski definition) is 2. The molecule has 0 unspecified atom stereocenters. The van der Waals surface area contributed by atoms with Crippen LogP contribution in [0.1, 0.15) is 5.56 Å². The number of nitrogens with one attached hydrogen (secondary N) is 2. The first-order chi connectivity index (χ1) is 10.8. The van der Waals surface area contributed by atoms with E-state index in [1.165, 1.54) is 0 Å². The van der Waals surface area contributed by atoms with Crippen molar-refractivity contribution >= 4 is 17.2 Å². The summed E-state index contributed by atoms with van der Waals surface area (Å²) in [4.78, 5) is 0. The standard InChI is InChI=1S/C12H11N.C7H8N2/c1-3-7-11(8-4-1)13-12-9-5-2-6-10-12;8-7(9)6-4-2-1-3-5-6/h1-10,13H;1-5H,(H3,8,9). The van der Waals surface area contributed by atoms with Gasteiger partial charge in [-0.25, -0.2) is 0 Å². The molecule has 3 aromatic carbocycles. The molecule has 3 heteroatoms. The smallest absolute Gasteiger partial charge is 0.122 e. The molecule has 3 rings (SSSR count). The second-order valence-electron chi connectivity index (χ2n) is 4.64. The second-order valence-corrected chi connectivity index (χ2v) is 4.64. The van der Waals surface area contributed by atoms with Crippen molar-refractivity contribution in [1.82, 2.24) is 0 Å². The molecule has 0 aromatic heterocycles. The van der Waals surface area contributed by atoms with Gasteiger partial charge in [-0.05, 0) is 24.3 Å². The summed E-state index contributed by atoms with van der Waals surface area (Å²) in [5.74, 6) is 0.121. The molecule has 0 heterocycles. The lowest BCUT2D eigenvalue weighted by Gasteiger charge is -2.04. The highest BCUT2D eigenvalue weighted by Gasteiger charge is 1.90. The molecule has 0 fully saturated rings. The normalized spacial score (nSPS) is 9.27. The number of benzene rings is 3. The molecule has 3 aromatic rings. The second kappa shape index (κ2) is 8.27. The maximum absolute atomic E-state index is 7.01. The fourth-order valence-corrected chi connectivity index (χ4v) is 1.83. The number of amidine groups is 1. The van der Waals surface area contributed by atoms with Crippen molar-refractivity contribution in [2.45, 2.75) is 0 Å². The minimum absolute atomic E-state index is 0.121. The highest BCUT2D eigenvalue weighted by molar-refractivity contribution is 5.94. The maximum atomic E-state index is 7.01. The number of para-hydroxylation sites is 2. The lowest BCUT2D eigenvalue weighted by molar-refractivity contribution is 1.42. The summed E-state index contributed by atoms with van der Waals surface area (Å²) in [5.41, 5.74) is 8.21. The van der Waals surface area contributed by atoms with Crippen LogP contribution in [0.4, 0.5) is 11.4 Å². The zero-order valence-corrected chi connectivity index (χ0v) is 12.2. The molecule has 0 saturated heterocycles. The van der Waals surface area contributed by atoms with Crippen molar-refractivity contribution in [3.63, 3.8) is 0 Å². The maximum Gasteiger partial charge on any atom is 0.122 e. The third-order valence-corrected chi connectivity index (χ3v) is 2.92. The lowest BCUT2D eigenvalue weighted by Crippen LogP contribution is -2.10. The molecule has 0 spiro atoms. The summed E-state index contributed by atoms with van der Waals surface area (Å²) >= 11 is 0. The Morgan fingerprint density at radius 3 is 1.32 bits per heavy atom. The summed E-state index contributed by atoms with van der Waals surface area (Å²) < 4.78 is 0. The van der Waals surface area contributed by atoms with Gasteiger partial charge in [0.25, 0.3) is 0 Å². The van der Waals surface area contributed by atoms with Gasteiger partial charge in [0.05, 0.1) is 0 Å². The molecule has 0 aliphatic carbocycles. The van der Waals surface area contributed by atoms with E-state index in [1.54, 1.807) is 0 Å². The number of nitrogens with two attached hydrogens (primary N) is 1. The number of anilines is 2. The summed E-state index contributed by atoms with van der Waals surface area (Å²) in [6.07, 6.45) is 0. The minimum Gasteiger partial charge on any atom is -0.384 e. The van der Waals surface area contributed by atoms with Crippen molar-refractivity contribution in [3.05, 3.63) is 96.6 Å². The molecule has 0 atom stereocenters. The monoisotopic (exact) mass is 289 g/mol. The number of nitrogen functional groups attached to an aromatic ring is 1. The average Bonchev–Trinajstić information content (AvgIpc) is 2.58. The lowest BCUT2D eigenvalue weighted by atomic mass is 10.2. The van der Waals surface area contributed by atoms with Crippen LogP contribution in [0, 0.1) is 5.41 Å². The van der Waals surface area contributed by atoms with Crippen LogP contribution in [0.3, 0.4) is 0 Å². The molecule has 0 saturated carbocycles. The Balaban J connectivity index is 0.000000172. The zero-order valence-electron chi connectivity index (χ0n) is 12.2. The van der Waals surface area contributed by atoms with E-state index in [1.807, 2.05) is 91.0 Å². The molecule has 3 nitrogen and oxygen atoms in total. The van der Waals surface area contributed by atoms with E-state index in [4.69, 9.17) is 11.1 Å². The van der Waals surface area contributed by atoms with E-state index in [2.05, 4.69) is 5.32 Å². The van der Waals surface area contributed by atoms with Gasteiger partial charge in [0, 0.05) is 16.9 Å². The molecule has 0 radical (unpaired) electrons. The zero-order chi connectivity index (χ0) is 15.6. The van der Waals surface area contributed by atoms with Gasteiger partial charge < -0.3 is 11.1 Å². The van der Waals surface area contributed by atoms with E-state index < -0.39 is 0 Å². The van der Waals surface area contributed by atoms with Crippen LogP contribution in [-0.4, -0.2) is 5.84 Å². The van der Waals surface area contributed by atoms with Crippen LogP contribution in [0.15, 0.2) is 91.0 Å². The van der Waals surface area contributed by atoms with E-state index in [-0.39, 0.29) is 5.84 Å². The predicted octanol–water partition coefficient (Wildman–Crippen LogP) is 4.40. The first-order valence-corrected chi connectivity index (χ1v) is 7.02. The van der Waals surface area contributed by atoms with E-state index in [0.717, 1.165) is 16.9 Å². The Labute approximate surface area is 130 Å². The summed E-state index contributed by atoms with van der Waals surface area (Å²) in [5, 5.41) is 10.3. The van der Waals surface area contributed by atoms with Crippen molar-refractivity contribution < 1.29 is 0 Å². The molecule has 0 bridgehead atoms. The van der Waals surface area contributed by atoms with Crippen LogP contribution < -0.4 is 11.1 Å². The van der Waals surface area contributed by atoms with Gasteiger partial charge in [-0.15, -0.1) is 0 Å². The Morgan fingerprint density at radius 2 is 1.00 bits per heavy atom. The highest BCUT2D eigenvalue weighted by atomic mass is 14.9. The predicted molar refractivity (Wildman–Crippen MR) is 93.6 cm³/mol. The first kappa shape index (κ1) is 15.3. The van der Waals surface area contributed by atoms with Crippen LogP contribution in [0.5, 0.6) is 0 Å². The van der Waals surface area contributed by atoms with Gasteiger partial charge in [-0.3, -0.25) is 5.41 Å². The average molecular weight is 289 g/mol. The van der Waals surface area contributed by atoms with Gasteiger partial charge in [0.2, 0.25) is 0 Å². The molecular weight excluding hydrogens is 270 g/mol. The molecule has 22 heavy (non-hydrogen) atoms. The van der Waals surface area contributed by atoms with Crippen LogP contribution >= 0.6 is 0 Å². The number of hydrogen-bond donors (Lipinski definition) is 3. The summed E-state index contributed by atoms with van der Waals surface area (Å²) in [6.45, 7) is 0. The fourth-order valence-electron chi connectivity index (χ4n) is 1.83. The topological polar surface area (TPSA) is 61.9 Å². The summed E-state index contributed by atoms with van der Waals surface area (Å²) in [7, 11) is 0. The fraction of sp³-hybridized carbons (Fsp3) is 0. The van der Waals surface area contributed by atoms with Gasteiger partial charge in [0.15, 0.2) is 0 Å². The first-order valence-electron chi connectivity index (χ1n) is 7.02. The molecular formula is C19H19N3. The molecule has 0 amide bonds. The van der Waals surface area contributed by atoms with Gasteiger partial charge in [-0.1, -0.05) is 66.7 Å². The van der Waals surface area contributed by atoms with E-state index in [9.17, 15) is 0 Å². The van der Waals surface area contributed by atoms with Crippen LogP contribution in [-0.2, 0) is 0 Å². The molecule has 0 aliphatic rings. The van der Waals surface area contributed by atoms with E-state index in [0.29, 0.717) is 0 Å². The minimum atomic E-state index is 0.121. The highest BCUT2D eigenvalue weighted by Crippen LogP contribution is 2.14. The van der Waals surface area contributed by atoms with Gasteiger partial charge in [-0.2, -0.15) is 0 Å². The van der Waals surface area contributed by atoms with Crippen LogP contribution in [0.2, 0.25) is 0 Å². The Hall–Kier alpha value is -3.07. The van der Waals surface area contributed by atoms with E-state index >= 15 is 0 Å². The Bertz CT molecular complexity index is 642. The summed E-state index contributed by atoms with van der Waals surface area (Å²) in [6, 6.07) is 29.5. The quantitative estimate of drug-likeness (QED) is 0.494. The van der Waals surface area contributed by atoms with Crippen molar-refractivity contribution in [2.75, 3.05) is 5.32 Å². The Kier molecular flexibility index (Phi) is 5.76. The van der Waals surface area contributed by atoms with Crippen molar-refractivity contribution in [1.29, 1.82) is 5.41 Å². The Morgan fingerprint density at radius 1 is 0.636 bits per heavy atom. The van der Waals surface area contributed by atoms with Gasteiger partial charge in [0.1, 0.15) is 5.84 Å². The SMILES string of the molecule is N=C(N)c1ccccc1.c1ccc(Nc2ccccc2)cc1. The number of rotatable bonds is 3. The van der Waals surface area contributed by atoms with Gasteiger partial charge >= 0.3 is 0 Å². The molecule has 110 valence electrons. The third kappa shape index (κ3) is 5.13. The van der Waals surface area contributed by atoms with Crippen LogP contribution in [0.25, 0.3) is 0 Å². The van der Waals surface area contributed by atoms with Crippen molar-refractivity contribution in [3.8, 4) is 0 Å². The molecule has 0 aliphatic heterocycles.